The van der Waals surface area contributed by atoms with E-state index in [0.717, 1.165) is 56.7 Å². The molecule has 0 radical (unpaired) electrons. The molecule has 1 heterocycles. The first-order valence-corrected chi connectivity index (χ1v) is 12.5. The zero-order valence-corrected chi connectivity index (χ0v) is 22.0. The molecule has 0 aliphatic rings. The highest BCUT2D eigenvalue weighted by Crippen LogP contribution is 2.09. The lowest BCUT2D eigenvalue weighted by atomic mass is 10.1. The number of H-pyrrole nitrogens is 2. The molecule has 0 aliphatic carbocycles. The van der Waals surface area contributed by atoms with E-state index < -0.39 is 0 Å². The van der Waals surface area contributed by atoms with Crippen LogP contribution < -0.4 is 21.8 Å². The van der Waals surface area contributed by atoms with Crippen LogP contribution in [0.5, 0.6) is 0 Å². The van der Waals surface area contributed by atoms with Crippen LogP contribution in [0.15, 0.2) is 64.2 Å². The summed E-state index contributed by atoms with van der Waals surface area (Å²) in [5, 5.41) is 0.481. The van der Waals surface area contributed by atoms with Gasteiger partial charge < -0.3 is 19.8 Å². The van der Waals surface area contributed by atoms with Gasteiger partial charge in [-0.3, -0.25) is 14.5 Å². The van der Waals surface area contributed by atoms with E-state index in [9.17, 15) is 9.59 Å². The summed E-state index contributed by atoms with van der Waals surface area (Å²) in [4.78, 5) is 37.5. The van der Waals surface area contributed by atoms with Gasteiger partial charge in [0, 0.05) is 6.54 Å². The van der Waals surface area contributed by atoms with E-state index in [-0.39, 0.29) is 21.8 Å². The van der Waals surface area contributed by atoms with Gasteiger partial charge in [0.25, 0.3) is 11.1 Å². The van der Waals surface area contributed by atoms with Crippen LogP contribution >= 0.6 is 0 Å². The smallest absolute Gasteiger partial charge is 0.272 e. The second-order valence-electron chi connectivity index (χ2n) is 9.77. The average molecular weight is 490 g/mol. The summed E-state index contributed by atoms with van der Waals surface area (Å²) >= 11 is 0. The van der Waals surface area contributed by atoms with Crippen molar-refractivity contribution in [1.29, 1.82) is 0 Å². The molecule has 3 aromatic rings. The van der Waals surface area contributed by atoms with Gasteiger partial charge in [-0.1, -0.05) is 54.6 Å². The van der Waals surface area contributed by atoms with E-state index in [1.807, 2.05) is 42.5 Å². The second-order valence-corrected chi connectivity index (χ2v) is 9.77. The first-order valence-electron chi connectivity index (χ1n) is 12.5. The minimum Gasteiger partial charge on any atom is -0.316 e. The van der Waals surface area contributed by atoms with Gasteiger partial charge in [0.15, 0.2) is 0 Å². The third-order valence-corrected chi connectivity index (χ3v) is 5.95. The lowest BCUT2D eigenvalue weighted by Crippen LogP contribution is -2.46. The van der Waals surface area contributed by atoms with Gasteiger partial charge in [0.05, 0.1) is 0 Å². The Kier molecular flexibility index (Phi) is 10.4. The van der Waals surface area contributed by atoms with E-state index in [1.54, 1.807) is 12.2 Å². The third-order valence-electron chi connectivity index (χ3n) is 5.95. The van der Waals surface area contributed by atoms with Crippen LogP contribution in [0.1, 0.15) is 29.5 Å². The van der Waals surface area contributed by atoms with Gasteiger partial charge >= 0.3 is 0 Å². The van der Waals surface area contributed by atoms with E-state index in [0.29, 0.717) is 0 Å². The van der Waals surface area contributed by atoms with Gasteiger partial charge in [-0.25, -0.2) is 0 Å². The molecule has 0 spiro atoms. The molecule has 0 aliphatic heterocycles. The number of nitrogens with zero attached hydrogens (tertiary/aromatic N) is 3. The maximum Gasteiger partial charge on any atom is 0.272 e. The van der Waals surface area contributed by atoms with E-state index in [1.165, 1.54) is 5.56 Å². The van der Waals surface area contributed by atoms with Crippen LogP contribution in [-0.4, -0.2) is 79.0 Å². The molecule has 192 valence electrons. The zero-order valence-electron chi connectivity index (χ0n) is 22.0. The van der Waals surface area contributed by atoms with Crippen molar-refractivity contribution in [2.45, 2.75) is 19.4 Å². The standard InChI is InChI=1S/C29H39N5O2/c1-32(2)16-8-18-34(19-9-17-33(3)4)22-25-14-12-24(13-15-25)21-27-29(36)30-26(28(35)31-27)20-23-10-6-5-7-11-23/h5-7,10-15,20-21H,8-9,16-19,22H2,1-4H3,(H,30,36)(H,31,35)/b26-20-,27-21-. The summed E-state index contributed by atoms with van der Waals surface area (Å²) in [5.74, 6) is 0. The van der Waals surface area contributed by atoms with Crippen molar-refractivity contribution in [2.24, 2.45) is 0 Å². The van der Waals surface area contributed by atoms with Crippen LogP contribution in [0, 0.1) is 0 Å². The minimum atomic E-state index is -0.326. The molecular weight excluding hydrogens is 450 g/mol. The predicted molar refractivity (Wildman–Crippen MR) is 149 cm³/mol. The topological polar surface area (TPSA) is 75.4 Å². The van der Waals surface area contributed by atoms with Crippen LogP contribution in [-0.2, 0) is 6.54 Å². The maximum atomic E-state index is 12.6. The SMILES string of the molecule is CN(C)CCCN(CCCN(C)C)Cc1ccc(/C=c2\[nH]c(=O)/c(=C/c3ccccc3)[nH]c2=O)cc1. The normalized spacial score (nSPS) is 12.9. The molecule has 0 amide bonds. The molecular formula is C29H39N5O2. The number of nitrogens with one attached hydrogen (secondary N) is 2. The Morgan fingerprint density at radius 1 is 0.639 bits per heavy atom. The molecule has 1 aromatic heterocycles. The average Bonchev–Trinajstić information content (AvgIpc) is 2.83. The van der Waals surface area contributed by atoms with Crippen molar-refractivity contribution in [2.75, 3.05) is 54.4 Å². The Morgan fingerprint density at radius 3 is 1.58 bits per heavy atom. The minimum absolute atomic E-state index is 0.238. The molecule has 0 atom stereocenters. The van der Waals surface area contributed by atoms with Crippen molar-refractivity contribution < 1.29 is 0 Å². The molecule has 2 N–H and O–H groups in total. The molecule has 3 rings (SSSR count). The van der Waals surface area contributed by atoms with Crippen molar-refractivity contribution in [3.05, 3.63) is 103 Å². The summed E-state index contributed by atoms with van der Waals surface area (Å²) in [6.07, 6.45) is 5.65. The first kappa shape index (κ1) is 27.3. The van der Waals surface area contributed by atoms with Crippen LogP contribution in [0.4, 0.5) is 0 Å². The van der Waals surface area contributed by atoms with Crippen molar-refractivity contribution in [3.8, 4) is 0 Å². The Balaban J connectivity index is 1.73. The van der Waals surface area contributed by atoms with Crippen LogP contribution in [0.2, 0.25) is 0 Å². The van der Waals surface area contributed by atoms with Crippen molar-refractivity contribution >= 4 is 12.2 Å². The Bertz CT molecular complexity index is 1290. The maximum absolute atomic E-state index is 12.6. The lowest BCUT2D eigenvalue weighted by Gasteiger charge is -2.24. The highest BCUT2D eigenvalue weighted by atomic mass is 16.1. The van der Waals surface area contributed by atoms with Gasteiger partial charge in [-0.2, -0.15) is 0 Å². The summed E-state index contributed by atoms with van der Waals surface area (Å²) in [6, 6.07) is 17.6. The molecule has 0 saturated heterocycles. The number of aromatic amines is 2. The lowest BCUT2D eigenvalue weighted by molar-refractivity contribution is 0.234. The number of aromatic nitrogens is 2. The first-order chi connectivity index (χ1) is 17.3. The summed E-state index contributed by atoms with van der Waals surface area (Å²) in [6.45, 7) is 5.16. The van der Waals surface area contributed by atoms with E-state index in [4.69, 9.17) is 0 Å². The molecule has 0 unspecified atom stereocenters. The summed E-state index contributed by atoms with van der Waals surface area (Å²) in [7, 11) is 8.44. The Hall–Kier alpha value is -3.26. The summed E-state index contributed by atoms with van der Waals surface area (Å²) < 4.78 is 0. The quantitative estimate of drug-likeness (QED) is 0.403. The third kappa shape index (κ3) is 9.07. The highest BCUT2D eigenvalue weighted by molar-refractivity contribution is 5.49. The largest absolute Gasteiger partial charge is 0.316 e. The molecule has 2 aromatic carbocycles. The van der Waals surface area contributed by atoms with Gasteiger partial charge in [0.1, 0.15) is 10.7 Å². The molecule has 36 heavy (non-hydrogen) atoms. The van der Waals surface area contributed by atoms with Crippen molar-refractivity contribution in [3.63, 3.8) is 0 Å². The number of hydrogen-bond donors (Lipinski definition) is 2. The van der Waals surface area contributed by atoms with Gasteiger partial charge in [-0.15, -0.1) is 0 Å². The predicted octanol–water partition coefficient (Wildman–Crippen LogP) is 1.43. The Morgan fingerprint density at radius 2 is 1.11 bits per heavy atom. The van der Waals surface area contributed by atoms with Crippen molar-refractivity contribution in [1.82, 2.24) is 24.7 Å². The van der Waals surface area contributed by atoms with Crippen LogP contribution in [0.3, 0.4) is 0 Å². The van der Waals surface area contributed by atoms with E-state index in [2.05, 4.69) is 65.0 Å². The summed E-state index contributed by atoms with van der Waals surface area (Å²) in [5.41, 5.74) is 2.30. The number of hydrogen-bond acceptors (Lipinski definition) is 5. The fourth-order valence-corrected chi connectivity index (χ4v) is 4.05. The fraction of sp³-hybridized carbons (Fsp3) is 0.379. The highest BCUT2D eigenvalue weighted by Gasteiger charge is 2.07. The molecule has 7 nitrogen and oxygen atoms in total. The molecule has 0 saturated carbocycles. The fourth-order valence-electron chi connectivity index (χ4n) is 4.05. The van der Waals surface area contributed by atoms with E-state index >= 15 is 0 Å². The molecule has 0 fully saturated rings. The number of rotatable bonds is 12. The monoisotopic (exact) mass is 489 g/mol. The van der Waals surface area contributed by atoms with Crippen LogP contribution in [0.25, 0.3) is 12.2 Å². The van der Waals surface area contributed by atoms with Gasteiger partial charge in [0.2, 0.25) is 0 Å². The number of benzene rings is 2. The van der Waals surface area contributed by atoms with Gasteiger partial charge in [-0.05, 0) is 96.1 Å². The zero-order chi connectivity index (χ0) is 25.9. The Labute approximate surface area is 213 Å². The second kappa shape index (κ2) is 13.7. The molecule has 0 bridgehead atoms. The molecule has 7 heteroatoms.